The van der Waals surface area contributed by atoms with Gasteiger partial charge in [0.25, 0.3) is 0 Å². The molecule has 2 unspecified atom stereocenters. The van der Waals surface area contributed by atoms with Gasteiger partial charge < -0.3 is 10.3 Å². The Labute approximate surface area is 120 Å². The summed E-state index contributed by atoms with van der Waals surface area (Å²) in [4.78, 5) is 8.48. The average molecular weight is 270 g/mol. The number of nitrogen functional groups attached to an aromatic ring is 1. The molecule has 3 rings (SSSR count). The standard InChI is InChI=1S/C16H22N4/c1-12-3-2-4-13(7-12)10-20-11-19-9-16(20)14-8-18-6-5-15(14)17/h5-6,8-9,11-13H,2-4,7,10H2,1H3,(H2,17,18). The van der Waals surface area contributed by atoms with Crippen molar-refractivity contribution in [1.29, 1.82) is 0 Å². The molecule has 2 atom stereocenters. The smallest absolute Gasteiger partial charge is 0.0951 e. The Kier molecular flexibility index (Phi) is 3.72. The first-order valence-corrected chi connectivity index (χ1v) is 7.44. The van der Waals surface area contributed by atoms with Crippen LogP contribution in [-0.4, -0.2) is 14.5 Å². The van der Waals surface area contributed by atoms with Crippen molar-refractivity contribution in [2.75, 3.05) is 5.73 Å². The van der Waals surface area contributed by atoms with Crippen molar-refractivity contribution in [3.8, 4) is 11.3 Å². The Bertz CT molecular complexity index is 575. The summed E-state index contributed by atoms with van der Waals surface area (Å²) in [5, 5.41) is 0. The lowest BCUT2D eigenvalue weighted by Crippen LogP contribution is -2.18. The van der Waals surface area contributed by atoms with Crippen LogP contribution in [0.4, 0.5) is 5.69 Å². The fourth-order valence-corrected chi connectivity index (χ4v) is 3.31. The van der Waals surface area contributed by atoms with Crippen molar-refractivity contribution < 1.29 is 0 Å². The van der Waals surface area contributed by atoms with Crippen molar-refractivity contribution >= 4 is 5.69 Å². The quantitative estimate of drug-likeness (QED) is 0.930. The first kappa shape index (κ1) is 13.2. The Morgan fingerprint density at radius 3 is 3.00 bits per heavy atom. The molecule has 2 aromatic heterocycles. The lowest BCUT2D eigenvalue weighted by atomic mass is 9.82. The molecule has 0 aromatic carbocycles. The molecule has 1 aliphatic rings. The average Bonchev–Trinajstić information content (AvgIpc) is 2.87. The van der Waals surface area contributed by atoms with Crippen LogP contribution in [0.25, 0.3) is 11.3 Å². The van der Waals surface area contributed by atoms with E-state index in [2.05, 4.69) is 21.5 Å². The summed E-state index contributed by atoms with van der Waals surface area (Å²) in [6.07, 6.45) is 12.7. The number of hydrogen-bond donors (Lipinski definition) is 1. The van der Waals surface area contributed by atoms with Gasteiger partial charge in [-0.25, -0.2) is 4.98 Å². The van der Waals surface area contributed by atoms with E-state index in [1.54, 1.807) is 6.20 Å². The number of nitrogens with two attached hydrogens (primary N) is 1. The van der Waals surface area contributed by atoms with Gasteiger partial charge in [0.15, 0.2) is 0 Å². The molecule has 4 heteroatoms. The minimum absolute atomic E-state index is 0.754. The minimum atomic E-state index is 0.754. The van der Waals surface area contributed by atoms with Crippen molar-refractivity contribution in [2.45, 2.75) is 39.2 Å². The van der Waals surface area contributed by atoms with Gasteiger partial charge in [0.1, 0.15) is 0 Å². The summed E-state index contributed by atoms with van der Waals surface area (Å²) in [6, 6.07) is 1.84. The third-order valence-electron chi connectivity index (χ3n) is 4.34. The van der Waals surface area contributed by atoms with Crippen molar-refractivity contribution in [2.24, 2.45) is 11.8 Å². The molecule has 1 aliphatic carbocycles. The Balaban J connectivity index is 1.82. The highest BCUT2D eigenvalue weighted by molar-refractivity contribution is 5.72. The van der Waals surface area contributed by atoms with E-state index in [1.807, 2.05) is 24.8 Å². The van der Waals surface area contributed by atoms with Crippen LogP contribution in [0.2, 0.25) is 0 Å². The first-order chi connectivity index (χ1) is 9.74. The van der Waals surface area contributed by atoms with E-state index in [1.165, 1.54) is 25.7 Å². The van der Waals surface area contributed by atoms with Gasteiger partial charge in [-0.1, -0.05) is 19.8 Å². The molecule has 1 saturated carbocycles. The fraction of sp³-hybridized carbons (Fsp3) is 0.500. The van der Waals surface area contributed by atoms with Crippen LogP contribution in [0.3, 0.4) is 0 Å². The van der Waals surface area contributed by atoms with Gasteiger partial charge in [-0.15, -0.1) is 0 Å². The maximum absolute atomic E-state index is 6.05. The van der Waals surface area contributed by atoms with Gasteiger partial charge in [-0.3, -0.25) is 4.98 Å². The molecule has 1 fully saturated rings. The molecule has 0 aliphatic heterocycles. The zero-order valence-electron chi connectivity index (χ0n) is 12.0. The zero-order valence-corrected chi connectivity index (χ0v) is 12.0. The zero-order chi connectivity index (χ0) is 13.9. The highest BCUT2D eigenvalue weighted by Crippen LogP contribution is 2.31. The SMILES string of the molecule is CC1CCCC(Cn2cncc2-c2cnccc2N)C1. The van der Waals surface area contributed by atoms with E-state index in [0.717, 1.165) is 35.3 Å². The molecular formula is C16H22N4. The monoisotopic (exact) mass is 270 g/mol. The number of anilines is 1. The van der Waals surface area contributed by atoms with Crippen LogP contribution in [0, 0.1) is 11.8 Å². The molecule has 4 nitrogen and oxygen atoms in total. The van der Waals surface area contributed by atoms with Crippen LogP contribution < -0.4 is 5.73 Å². The molecule has 0 radical (unpaired) electrons. The third kappa shape index (κ3) is 2.69. The van der Waals surface area contributed by atoms with Crippen molar-refractivity contribution in [1.82, 2.24) is 14.5 Å². The number of hydrogen-bond acceptors (Lipinski definition) is 3. The highest BCUT2D eigenvalue weighted by atomic mass is 15.0. The van der Waals surface area contributed by atoms with E-state index in [4.69, 9.17) is 5.73 Å². The second-order valence-electron chi connectivity index (χ2n) is 6.03. The van der Waals surface area contributed by atoms with E-state index in [0.29, 0.717) is 0 Å². The van der Waals surface area contributed by atoms with E-state index >= 15 is 0 Å². The lowest BCUT2D eigenvalue weighted by molar-refractivity contribution is 0.257. The molecule has 0 amide bonds. The fourth-order valence-electron chi connectivity index (χ4n) is 3.31. The van der Waals surface area contributed by atoms with Crippen LogP contribution in [0.1, 0.15) is 32.6 Å². The summed E-state index contributed by atoms with van der Waals surface area (Å²) in [5.41, 5.74) is 8.88. The van der Waals surface area contributed by atoms with E-state index < -0.39 is 0 Å². The third-order valence-corrected chi connectivity index (χ3v) is 4.34. The molecule has 2 heterocycles. The van der Waals surface area contributed by atoms with E-state index in [9.17, 15) is 0 Å². The molecule has 0 bridgehead atoms. The number of nitrogens with zero attached hydrogens (tertiary/aromatic N) is 3. The van der Waals surface area contributed by atoms with Gasteiger partial charge in [0, 0.05) is 30.2 Å². The Hall–Kier alpha value is -1.84. The van der Waals surface area contributed by atoms with Gasteiger partial charge in [-0.05, 0) is 30.7 Å². The predicted molar refractivity (Wildman–Crippen MR) is 81.0 cm³/mol. The number of rotatable bonds is 3. The van der Waals surface area contributed by atoms with Crippen molar-refractivity contribution in [3.05, 3.63) is 31.0 Å². The molecule has 0 spiro atoms. The number of aromatic nitrogens is 3. The van der Waals surface area contributed by atoms with Crippen LogP contribution in [0.5, 0.6) is 0 Å². The van der Waals surface area contributed by atoms with Crippen LogP contribution in [0.15, 0.2) is 31.0 Å². The first-order valence-electron chi connectivity index (χ1n) is 7.44. The summed E-state index contributed by atoms with van der Waals surface area (Å²) in [5.74, 6) is 1.61. The Morgan fingerprint density at radius 1 is 1.30 bits per heavy atom. The topological polar surface area (TPSA) is 56.7 Å². The molecule has 2 N–H and O–H groups in total. The van der Waals surface area contributed by atoms with Gasteiger partial charge >= 0.3 is 0 Å². The maximum atomic E-state index is 6.05. The van der Waals surface area contributed by atoms with Crippen LogP contribution >= 0.6 is 0 Å². The largest absolute Gasteiger partial charge is 0.398 e. The molecule has 2 aromatic rings. The number of imidazole rings is 1. The lowest BCUT2D eigenvalue weighted by Gasteiger charge is -2.27. The molecule has 0 saturated heterocycles. The maximum Gasteiger partial charge on any atom is 0.0951 e. The summed E-state index contributed by atoms with van der Waals surface area (Å²) in [7, 11) is 0. The van der Waals surface area contributed by atoms with Gasteiger partial charge in [0.2, 0.25) is 0 Å². The predicted octanol–water partition coefficient (Wildman–Crippen LogP) is 3.35. The number of pyridine rings is 1. The second kappa shape index (κ2) is 5.65. The normalized spacial score (nSPS) is 22.9. The minimum Gasteiger partial charge on any atom is -0.398 e. The Morgan fingerprint density at radius 2 is 2.20 bits per heavy atom. The summed E-state index contributed by atoms with van der Waals surface area (Å²) in [6.45, 7) is 3.40. The molecule has 20 heavy (non-hydrogen) atoms. The van der Waals surface area contributed by atoms with Crippen LogP contribution in [-0.2, 0) is 6.54 Å². The molecule has 106 valence electrons. The van der Waals surface area contributed by atoms with Crippen molar-refractivity contribution in [3.63, 3.8) is 0 Å². The summed E-state index contributed by atoms with van der Waals surface area (Å²) < 4.78 is 2.23. The summed E-state index contributed by atoms with van der Waals surface area (Å²) >= 11 is 0. The van der Waals surface area contributed by atoms with E-state index in [-0.39, 0.29) is 0 Å². The van der Waals surface area contributed by atoms with Gasteiger partial charge in [-0.2, -0.15) is 0 Å². The molecular weight excluding hydrogens is 248 g/mol. The van der Waals surface area contributed by atoms with Gasteiger partial charge in [0.05, 0.1) is 18.2 Å². The highest BCUT2D eigenvalue weighted by Gasteiger charge is 2.20. The second-order valence-corrected chi connectivity index (χ2v) is 6.03.